The minimum absolute atomic E-state index is 1.12. The van der Waals surface area contributed by atoms with Crippen molar-refractivity contribution in [2.45, 2.75) is 33.1 Å². The molecule has 0 aromatic carbocycles. The number of hydrogen-bond donors (Lipinski definition) is 0. The van der Waals surface area contributed by atoms with Crippen molar-refractivity contribution in [3.8, 4) is 0 Å². The molecule has 15 heavy (non-hydrogen) atoms. The number of nitrogens with zero attached hydrogens (tertiary/aromatic N) is 2. The van der Waals surface area contributed by atoms with E-state index in [0.717, 1.165) is 10.7 Å². The summed E-state index contributed by atoms with van der Waals surface area (Å²) in [6.45, 7) is 6.67. The highest BCUT2D eigenvalue weighted by atomic mass is 32.1. The Morgan fingerprint density at radius 1 is 1.40 bits per heavy atom. The predicted octanol–water partition coefficient (Wildman–Crippen LogP) is 3.30. The molecular formula is C12H18N2S. The van der Waals surface area contributed by atoms with Gasteiger partial charge in [0, 0.05) is 29.9 Å². The van der Waals surface area contributed by atoms with Crippen molar-refractivity contribution >= 4 is 17.4 Å². The summed E-state index contributed by atoms with van der Waals surface area (Å²) >= 11 is 1.73. The topological polar surface area (TPSA) is 16.1 Å². The second kappa shape index (κ2) is 4.79. The highest BCUT2D eigenvalue weighted by molar-refractivity contribution is 7.10. The normalized spacial score (nSPS) is 18.3. The summed E-state index contributed by atoms with van der Waals surface area (Å²) in [5, 5.41) is 3.24. The molecule has 0 spiro atoms. The van der Waals surface area contributed by atoms with Gasteiger partial charge in [0.15, 0.2) is 0 Å². The van der Waals surface area contributed by atoms with E-state index in [0.29, 0.717) is 0 Å². The summed E-state index contributed by atoms with van der Waals surface area (Å²) in [5.74, 6) is 0. The molecule has 0 atom stereocenters. The van der Waals surface area contributed by atoms with Gasteiger partial charge in [0.25, 0.3) is 0 Å². The van der Waals surface area contributed by atoms with E-state index in [1.165, 1.54) is 38.0 Å². The summed E-state index contributed by atoms with van der Waals surface area (Å²) in [6, 6.07) is 0. The number of likely N-dealkylation sites (tertiary alicyclic amines) is 1. The molecule has 0 radical (unpaired) electrons. The number of allylic oxidation sites excluding steroid dienone is 1. The van der Waals surface area contributed by atoms with Crippen LogP contribution in [0.3, 0.4) is 0 Å². The SMILES string of the molecule is CC(=Cc1nc(C)cs1)N1CCCCC1. The molecule has 2 heterocycles. The Kier molecular flexibility index (Phi) is 3.41. The van der Waals surface area contributed by atoms with Crippen LogP contribution in [0.4, 0.5) is 0 Å². The van der Waals surface area contributed by atoms with Gasteiger partial charge in [0.2, 0.25) is 0 Å². The number of rotatable bonds is 2. The van der Waals surface area contributed by atoms with Crippen LogP contribution in [0.5, 0.6) is 0 Å². The minimum Gasteiger partial charge on any atom is -0.375 e. The molecule has 82 valence electrons. The third-order valence-electron chi connectivity index (χ3n) is 2.82. The fourth-order valence-corrected chi connectivity index (χ4v) is 2.73. The van der Waals surface area contributed by atoms with Crippen molar-refractivity contribution in [1.82, 2.24) is 9.88 Å². The second-order valence-corrected chi connectivity index (χ2v) is 5.05. The van der Waals surface area contributed by atoms with Crippen LogP contribution in [0.15, 0.2) is 11.1 Å². The van der Waals surface area contributed by atoms with Crippen LogP contribution >= 0.6 is 11.3 Å². The fraction of sp³-hybridized carbons (Fsp3) is 0.583. The first-order valence-corrected chi connectivity index (χ1v) is 6.49. The molecule has 1 aliphatic rings. The quantitative estimate of drug-likeness (QED) is 0.763. The lowest BCUT2D eigenvalue weighted by molar-refractivity contribution is 0.288. The molecule has 0 bridgehead atoms. The van der Waals surface area contributed by atoms with Gasteiger partial charge < -0.3 is 4.90 Å². The van der Waals surface area contributed by atoms with Crippen molar-refractivity contribution in [3.05, 3.63) is 21.8 Å². The molecule has 2 nitrogen and oxygen atoms in total. The number of hydrogen-bond acceptors (Lipinski definition) is 3. The van der Waals surface area contributed by atoms with Gasteiger partial charge in [-0.3, -0.25) is 0 Å². The van der Waals surface area contributed by atoms with E-state index in [1.54, 1.807) is 11.3 Å². The second-order valence-electron chi connectivity index (χ2n) is 4.16. The fourth-order valence-electron chi connectivity index (χ4n) is 1.96. The molecule has 3 heteroatoms. The first-order chi connectivity index (χ1) is 7.25. The lowest BCUT2D eigenvalue weighted by Gasteiger charge is -2.29. The van der Waals surface area contributed by atoms with Crippen LogP contribution in [0, 0.1) is 6.92 Å². The zero-order valence-electron chi connectivity index (χ0n) is 9.49. The molecule has 0 unspecified atom stereocenters. The standard InChI is InChI=1S/C12H18N2S/c1-10-9-15-12(13-10)8-11(2)14-6-4-3-5-7-14/h8-9H,3-7H2,1-2H3. The molecule has 1 aromatic rings. The molecule has 1 fully saturated rings. The molecule has 0 aliphatic carbocycles. The van der Waals surface area contributed by atoms with Gasteiger partial charge >= 0.3 is 0 Å². The van der Waals surface area contributed by atoms with Crippen LogP contribution in [0.1, 0.15) is 36.9 Å². The largest absolute Gasteiger partial charge is 0.375 e. The Morgan fingerprint density at radius 2 is 2.13 bits per heavy atom. The molecule has 0 N–H and O–H groups in total. The highest BCUT2D eigenvalue weighted by Gasteiger charge is 2.10. The van der Waals surface area contributed by atoms with E-state index in [2.05, 4.69) is 28.3 Å². The van der Waals surface area contributed by atoms with Crippen LogP contribution in [0.25, 0.3) is 6.08 Å². The summed E-state index contributed by atoms with van der Waals surface area (Å²) < 4.78 is 0. The van der Waals surface area contributed by atoms with Crippen molar-refractivity contribution in [3.63, 3.8) is 0 Å². The van der Waals surface area contributed by atoms with E-state index in [4.69, 9.17) is 0 Å². The van der Waals surface area contributed by atoms with Gasteiger partial charge in [-0.05, 0) is 39.2 Å². The van der Waals surface area contributed by atoms with Crippen molar-refractivity contribution < 1.29 is 0 Å². The van der Waals surface area contributed by atoms with E-state index in [9.17, 15) is 0 Å². The van der Waals surface area contributed by atoms with Crippen LogP contribution in [-0.4, -0.2) is 23.0 Å². The van der Waals surface area contributed by atoms with Gasteiger partial charge in [-0.15, -0.1) is 11.3 Å². The van der Waals surface area contributed by atoms with Crippen LogP contribution in [0.2, 0.25) is 0 Å². The van der Waals surface area contributed by atoms with E-state index < -0.39 is 0 Å². The number of piperidine rings is 1. The van der Waals surface area contributed by atoms with Crippen molar-refractivity contribution in [2.75, 3.05) is 13.1 Å². The van der Waals surface area contributed by atoms with E-state index in [1.807, 2.05) is 6.92 Å². The van der Waals surface area contributed by atoms with Gasteiger partial charge in [-0.2, -0.15) is 0 Å². The molecule has 2 rings (SSSR count). The molecular weight excluding hydrogens is 204 g/mol. The maximum atomic E-state index is 4.46. The Morgan fingerprint density at radius 3 is 2.73 bits per heavy atom. The monoisotopic (exact) mass is 222 g/mol. The molecule has 1 saturated heterocycles. The summed E-state index contributed by atoms with van der Waals surface area (Å²) in [6.07, 6.45) is 6.27. The Labute approximate surface area is 95.6 Å². The summed E-state index contributed by atoms with van der Waals surface area (Å²) in [5.41, 5.74) is 2.49. The zero-order valence-corrected chi connectivity index (χ0v) is 10.3. The summed E-state index contributed by atoms with van der Waals surface area (Å²) in [7, 11) is 0. The number of aromatic nitrogens is 1. The average Bonchev–Trinajstić information content (AvgIpc) is 2.65. The van der Waals surface area contributed by atoms with Crippen LogP contribution < -0.4 is 0 Å². The highest BCUT2D eigenvalue weighted by Crippen LogP contribution is 2.18. The van der Waals surface area contributed by atoms with E-state index in [-0.39, 0.29) is 0 Å². The van der Waals surface area contributed by atoms with Gasteiger partial charge in [0.05, 0.1) is 0 Å². The Balaban J connectivity index is 2.05. The maximum Gasteiger partial charge on any atom is 0.118 e. The van der Waals surface area contributed by atoms with Crippen molar-refractivity contribution in [2.24, 2.45) is 0 Å². The lowest BCUT2D eigenvalue weighted by Crippen LogP contribution is -2.27. The lowest BCUT2D eigenvalue weighted by atomic mass is 10.1. The number of thiazole rings is 1. The molecule has 0 saturated carbocycles. The Hall–Kier alpha value is -0.830. The average molecular weight is 222 g/mol. The zero-order chi connectivity index (χ0) is 10.7. The smallest absolute Gasteiger partial charge is 0.118 e. The maximum absolute atomic E-state index is 4.46. The predicted molar refractivity (Wildman–Crippen MR) is 65.9 cm³/mol. The molecule has 1 aromatic heterocycles. The Bertz CT molecular complexity index is 348. The van der Waals surface area contributed by atoms with Crippen LogP contribution in [-0.2, 0) is 0 Å². The first kappa shape index (κ1) is 10.7. The first-order valence-electron chi connectivity index (χ1n) is 5.61. The molecule has 0 amide bonds. The third-order valence-corrected chi connectivity index (χ3v) is 3.73. The third kappa shape index (κ3) is 2.81. The van der Waals surface area contributed by atoms with Crippen molar-refractivity contribution in [1.29, 1.82) is 0 Å². The van der Waals surface area contributed by atoms with E-state index >= 15 is 0 Å². The van der Waals surface area contributed by atoms with Gasteiger partial charge in [0.1, 0.15) is 5.01 Å². The van der Waals surface area contributed by atoms with Gasteiger partial charge in [-0.25, -0.2) is 4.98 Å². The number of aryl methyl sites for hydroxylation is 1. The summed E-state index contributed by atoms with van der Waals surface area (Å²) in [4.78, 5) is 6.93. The van der Waals surface area contributed by atoms with Gasteiger partial charge in [-0.1, -0.05) is 0 Å². The minimum atomic E-state index is 1.12. The molecule has 1 aliphatic heterocycles.